The van der Waals surface area contributed by atoms with Crippen LogP contribution in [0.5, 0.6) is 0 Å². The molecular formula is C21H22Cl2N4O4. The SMILES string of the molecule is CCCN(CC(=O)Nc1cc(Cl)ccc1Cl)C(=O)c1ccc(NC2CC2)c([N+](=O)[O-])c1. The van der Waals surface area contributed by atoms with Gasteiger partial charge in [0.2, 0.25) is 5.91 Å². The van der Waals surface area contributed by atoms with Crippen LogP contribution in [0.1, 0.15) is 36.5 Å². The first-order chi connectivity index (χ1) is 14.8. The van der Waals surface area contributed by atoms with Crippen molar-refractivity contribution in [3.05, 3.63) is 62.1 Å². The molecule has 3 rings (SSSR count). The second-order valence-electron chi connectivity index (χ2n) is 7.31. The van der Waals surface area contributed by atoms with Crippen LogP contribution in [0.3, 0.4) is 0 Å². The number of amides is 2. The van der Waals surface area contributed by atoms with Crippen molar-refractivity contribution in [1.29, 1.82) is 0 Å². The topological polar surface area (TPSA) is 105 Å². The fourth-order valence-electron chi connectivity index (χ4n) is 3.05. The molecule has 0 radical (unpaired) electrons. The minimum atomic E-state index is -0.514. The number of rotatable bonds is 9. The number of nitro groups is 1. The van der Waals surface area contributed by atoms with Gasteiger partial charge in [-0.05, 0) is 49.6 Å². The van der Waals surface area contributed by atoms with Crippen molar-refractivity contribution >= 4 is 52.1 Å². The van der Waals surface area contributed by atoms with E-state index in [2.05, 4.69) is 10.6 Å². The Morgan fingerprint density at radius 1 is 1.16 bits per heavy atom. The molecule has 0 bridgehead atoms. The molecule has 2 aromatic carbocycles. The lowest BCUT2D eigenvalue weighted by Gasteiger charge is -2.22. The summed E-state index contributed by atoms with van der Waals surface area (Å²) in [5, 5.41) is 18.0. The minimum absolute atomic E-state index is 0.148. The maximum atomic E-state index is 13.0. The highest BCUT2D eigenvalue weighted by atomic mass is 35.5. The van der Waals surface area contributed by atoms with Crippen molar-refractivity contribution in [2.24, 2.45) is 0 Å². The summed E-state index contributed by atoms with van der Waals surface area (Å²) in [6.07, 6.45) is 2.54. The number of nitrogens with zero attached hydrogens (tertiary/aromatic N) is 2. The van der Waals surface area contributed by atoms with Gasteiger partial charge in [0.1, 0.15) is 12.2 Å². The van der Waals surface area contributed by atoms with E-state index in [4.69, 9.17) is 23.2 Å². The van der Waals surface area contributed by atoms with Gasteiger partial charge < -0.3 is 15.5 Å². The largest absolute Gasteiger partial charge is 0.377 e. The molecule has 2 N–H and O–H groups in total. The van der Waals surface area contributed by atoms with Crippen LogP contribution < -0.4 is 10.6 Å². The zero-order chi connectivity index (χ0) is 22.5. The van der Waals surface area contributed by atoms with E-state index in [1.165, 1.54) is 23.1 Å². The van der Waals surface area contributed by atoms with Gasteiger partial charge in [0.15, 0.2) is 0 Å². The molecule has 10 heteroatoms. The summed E-state index contributed by atoms with van der Waals surface area (Å²) < 4.78 is 0. The van der Waals surface area contributed by atoms with Crippen molar-refractivity contribution in [3.63, 3.8) is 0 Å². The second kappa shape index (κ2) is 9.98. The second-order valence-corrected chi connectivity index (χ2v) is 8.15. The van der Waals surface area contributed by atoms with Crippen molar-refractivity contribution in [2.45, 2.75) is 32.2 Å². The Balaban J connectivity index is 1.76. The Bertz CT molecular complexity index is 1010. The fourth-order valence-corrected chi connectivity index (χ4v) is 3.38. The molecule has 0 atom stereocenters. The molecule has 0 saturated heterocycles. The van der Waals surface area contributed by atoms with E-state index in [1.807, 2.05) is 6.92 Å². The molecule has 0 heterocycles. The highest BCUT2D eigenvalue weighted by Crippen LogP contribution is 2.32. The molecule has 0 spiro atoms. The summed E-state index contributed by atoms with van der Waals surface area (Å²) in [5.74, 6) is -0.914. The van der Waals surface area contributed by atoms with E-state index in [9.17, 15) is 19.7 Å². The number of hydrogen-bond acceptors (Lipinski definition) is 5. The average molecular weight is 465 g/mol. The van der Waals surface area contributed by atoms with Gasteiger partial charge in [-0.25, -0.2) is 0 Å². The van der Waals surface area contributed by atoms with Crippen molar-refractivity contribution < 1.29 is 14.5 Å². The predicted octanol–water partition coefficient (Wildman–Crippen LogP) is 4.97. The number of hydrogen-bond donors (Lipinski definition) is 2. The molecule has 164 valence electrons. The molecule has 2 aromatic rings. The zero-order valence-corrected chi connectivity index (χ0v) is 18.4. The highest BCUT2D eigenvalue weighted by Gasteiger charge is 2.27. The van der Waals surface area contributed by atoms with Gasteiger partial charge in [-0.15, -0.1) is 0 Å². The van der Waals surface area contributed by atoms with E-state index in [-0.39, 0.29) is 23.8 Å². The maximum Gasteiger partial charge on any atom is 0.293 e. The van der Waals surface area contributed by atoms with Gasteiger partial charge >= 0.3 is 0 Å². The highest BCUT2D eigenvalue weighted by molar-refractivity contribution is 6.35. The van der Waals surface area contributed by atoms with E-state index in [0.717, 1.165) is 12.8 Å². The van der Waals surface area contributed by atoms with Crippen LogP contribution in [-0.2, 0) is 4.79 Å². The number of benzene rings is 2. The van der Waals surface area contributed by atoms with Gasteiger partial charge in [0.05, 0.1) is 15.6 Å². The molecule has 1 aliphatic rings. The first kappa shape index (κ1) is 22.8. The Morgan fingerprint density at radius 3 is 2.55 bits per heavy atom. The monoisotopic (exact) mass is 464 g/mol. The standard InChI is InChI=1S/C21H22Cl2N4O4/c1-2-9-26(12-20(28)25-18-11-14(22)4-7-16(18)23)21(29)13-3-8-17(24-15-5-6-15)19(10-13)27(30)31/h3-4,7-8,10-11,15,24H,2,5-6,9,12H2,1H3,(H,25,28). The van der Waals surface area contributed by atoms with Gasteiger partial charge in [0, 0.05) is 29.2 Å². The number of nitro benzene ring substituents is 1. The van der Waals surface area contributed by atoms with Crippen LogP contribution in [0.2, 0.25) is 10.0 Å². The van der Waals surface area contributed by atoms with Crippen LogP contribution in [0.4, 0.5) is 17.1 Å². The average Bonchev–Trinajstić information content (AvgIpc) is 3.54. The van der Waals surface area contributed by atoms with Crippen LogP contribution in [0.25, 0.3) is 0 Å². The van der Waals surface area contributed by atoms with Crippen molar-refractivity contribution in [1.82, 2.24) is 4.90 Å². The van der Waals surface area contributed by atoms with Crippen LogP contribution in [0.15, 0.2) is 36.4 Å². The fraction of sp³-hybridized carbons (Fsp3) is 0.333. The summed E-state index contributed by atoms with van der Waals surface area (Å²) in [5.41, 5.74) is 0.716. The molecule has 0 aliphatic heterocycles. The molecule has 0 aromatic heterocycles. The molecule has 0 unspecified atom stereocenters. The quantitative estimate of drug-likeness (QED) is 0.402. The number of nitrogens with one attached hydrogen (secondary N) is 2. The summed E-state index contributed by atoms with van der Waals surface area (Å²) >= 11 is 12.0. The van der Waals surface area contributed by atoms with Crippen LogP contribution >= 0.6 is 23.2 Å². The third-order valence-corrected chi connectivity index (χ3v) is 5.26. The number of carbonyl (C=O) groups is 2. The smallest absolute Gasteiger partial charge is 0.293 e. The van der Waals surface area contributed by atoms with Gasteiger partial charge in [-0.2, -0.15) is 0 Å². The van der Waals surface area contributed by atoms with E-state index in [0.29, 0.717) is 34.4 Å². The summed E-state index contributed by atoms with van der Waals surface area (Å²) in [7, 11) is 0. The molecular weight excluding hydrogens is 443 g/mol. The molecule has 2 amide bonds. The first-order valence-corrected chi connectivity index (χ1v) is 10.6. The molecule has 1 saturated carbocycles. The van der Waals surface area contributed by atoms with Crippen molar-refractivity contribution in [3.8, 4) is 0 Å². The number of halogens is 2. The molecule has 31 heavy (non-hydrogen) atoms. The Morgan fingerprint density at radius 2 is 1.90 bits per heavy atom. The minimum Gasteiger partial charge on any atom is -0.377 e. The first-order valence-electron chi connectivity index (χ1n) is 9.87. The van der Waals surface area contributed by atoms with E-state index < -0.39 is 16.7 Å². The van der Waals surface area contributed by atoms with Gasteiger partial charge in [-0.1, -0.05) is 30.1 Å². The maximum absolute atomic E-state index is 13.0. The Hall–Kier alpha value is -2.84. The third kappa shape index (κ3) is 6.08. The lowest BCUT2D eigenvalue weighted by Crippen LogP contribution is -2.38. The predicted molar refractivity (Wildman–Crippen MR) is 121 cm³/mol. The van der Waals surface area contributed by atoms with E-state index >= 15 is 0 Å². The molecule has 8 nitrogen and oxygen atoms in total. The van der Waals surface area contributed by atoms with Gasteiger partial charge in [0.25, 0.3) is 11.6 Å². The van der Waals surface area contributed by atoms with Crippen molar-refractivity contribution in [2.75, 3.05) is 23.7 Å². The Labute approximate surface area is 189 Å². The number of anilines is 2. The zero-order valence-electron chi connectivity index (χ0n) is 16.9. The summed E-state index contributed by atoms with van der Waals surface area (Å²) in [6.45, 7) is 1.95. The Kier molecular flexibility index (Phi) is 7.35. The summed E-state index contributed by atoms with van der Waals surface area (Å²) in [6, 6.07) is 9.24. The van der Waals surface area contributed by atoms with E-state index in [1.54, 1.807) is 18.2 Å². The lowest BCUT2D eigenvalue weighted by atomic mass is 10.1. The van der Waals surface area contributed by atoms with Gasteiger partial charge in [-0.3, -0.25) is 19.7 Å². The molecule has 1 fully saturated rings. The summed E-state index contributed by atoms with van der Waals surface area (Å²) in [4.78, 5) is 37.9. The van der Waals surface area contributed by atoms with Crippen LogP contribution in [-0.4, -0.2) is 40.8 Å². The lowest BCUT2D eigenvalue weighted by molar-refractivity contribution is -0.384. The normalized spacial score (nSPS) is 12.9. The molecule has 1 aliphatic carbocycles. The third-order valence-electron chi connectivity index (χ3n) is 4.70. The van der Waals surface area contributed by atoms with Crippen LogP contribution in [0, 0.1) is 10.1 Å². The number of carbonyl (C=O) groups excluding carboxylic acids is 2.